The average Bonchev–Trinajstić information content (AvgIpc) is 3.33. The molecule has 0 aliphatic heterocycles. The quantitative estimate of drug-likeness (QED) is 0.230. The molecule has 0 atom stereocenters. The van der Waals surface area contributed by atoms with E-state index in [2.05, 4.69) is 107 Å². The number of rotatable bonds is 2. The Hall–Kier alpha value is -5.08. The lowest BCUT2D eigenvalue weighted by atomic mass is 9.92. The monoisotopic (exact) mass is 480 g/mol. The van der Waals surface area contributed by atoms with Gasteiger partial charge in [-0.15, -0.1) is 0 Å². The Bertz CT molecular complexity index is 2140. The van der Waals surface area contributed by atoms with Crippen molar-refractivity contribution in [3.05, 3.63) is 122 Å². The van der Waals surface area contributed by atoms with E-state index in [9.17, 15) is 0 Å². The lowest BCUT2D eigenvalue weighted by Gasteiger charge is -2.11. The Morgan fingerprint density at radius 1 is 0.368 bits per heavy atom. The van der Waals surface area contributed by atoms with Gasteiger partial charge in [0, 0.05) is 23.2 Å². The number of aromatic nitrogens is 2. The molecule has 0 spiro atoms. The summed E-state index contributed by atoms with van der Waals surface area (Å²) < 4.78 is 0. The molecule has 0 bridgehead atoms. The number of nitrogens with zero attached hydrogens (tertiary/aromatic N) is 2. The SMILES string of the molecule is c1cnc2ccc(-c3ccc4c5c3ccc3ccc6c(-c7ccc8ncccc8c7)ccc-4c6c35)cc2c1. The van der Waals surface area contributed by atoms with Gasteiger partial charge in [0.15, 0.2) is 0 Å². The zero-order valence-electron chi connectivity index (χ0n) is 20.4. The third-order valence-corrected chi connectivity index (χ3v) is 8.26. The molecule has 0 saturated heterocycles. The first-order valence-electron chi connectivity index (χ1n) is 13.0. The Balaban J connectivity index is 1.33. The second-order valence-corrected chi connectivity index (χ2v) is 10.2. The highest BCUT2D eigenvalue weighted by Crippen LogP contribution is 2.51. The van der Waals surface area contributed by atoms with Crippen LogP contribution in [-0.2, 0) is 0 Å². The van der Waals surface area contributed by atoms with E-state index in [1.54, 1.807) is 0 Å². The smallest absolute Gasteiger partial charge is 0.0702 e. The highest BCUT2D eigenvalue weighted by molar-refractivity contribution is 6.35. The van der Waals surface area contributed by atoms with Crippen molar-refractivity contribution in [3.8, 4) is 33.4 Å². The summed E-state index contributed by atoms with van der Waals surface area (Å²) in [6.45, 7) is 0. The summed E-state index contributed by atoms with van der Waals surface area (Å²) in [4.78, 5) is 9.02. The number of hydrogen-bond donors (Lipinski definition) is 0. The van der Waals surface area contributed by atoms with Crippen molar-refractivity contribution in [2.45, 2.75) is 0 Å². The minimum absolute atomic E-state index is 1.03. The summed E-state index contributed by atoms with van der Waals surface area (Å²) in [5.41, 5.74) is 9.70. The van der Waals surface area contributed by atoms with Crippen LogP contribution in [0.1, 0.15) is 0 Å². The number of pyridine rings is 2. The predicted molar refractivity (Wildman–Crippen MR) is 159 cm³/mol. The first-order valence-corrected chi connectivity index (χ1v) is 13.0. The molecule has 0 saturated carbocycles. The summed E-state index contributed by atoms with van der Waals surface area (Å²) >= 11 is 0. The van der Waals surface area contributed by atoms with Gasteiger partial charge in [0.05, 0.1) is 11.0 Å². The van der Waals surface area contributed by atoms with Gasteiger partial charge in [-0.1, -0.05) is 72.8 Å². The van der Waals surface area contributed by atoms with Crippen LogP contribution in [0.15, 0.2) is 122 Å². The molecular weight excluding hydrogens is 460 g/mol. The van der Waals surface area contributed by atoms with E-state index in [-0.39, 0.29) is 0 Å². The molecule has 38 heavy (non-hydrogen) atoms. The van der Waals surface area contributed by atoms with Crippen LogP contribution in [0.25, 0.3) is 87.5 Å². The van der Waals surface area contributed by atoms with Crippen LogP contribution < -0.4 is 0 Å². The molecule has 2 heteroatoms. The molecule has 2 heterocycles. The molecule has 0 radical (unpaired) electrons. The maximum atomic E-state index is 4.51. The van der Waals surface area contributed by atoms with E-state index >= 15 is 0 Å². The summed E-state index contributed by atoms with van der Waals surface area (Å²) in [6, 6.07) is 39.9. The van der Waals surface area contributed by atoms with Gasteiger partial charge in [0.25, 0.3) is 0 Å². The van der Waals surface area contributed by atoms with Gasteiger partial charge < -0.3 is 0 Å². The second kappa shape index (κ2) is 7.24. The third kappa shape index (κ3) is 2.61. The molecule has 0 N–H and O–H groups in total. The van der Waals surface area contributed by atoms with E-state index in [0.29, 0.717) is 0 Å². The van der Waals surface area contributed by atoms with Crippen molar-refractivity contribution >= 4 is 54.1 Å². The third-order valence-electron chi connectivity index (χ3n) is 8.26. The van der Waals surface area contributed by atoms with Gasteiger partial charge in [-0.05, 0) is 102 Å². The first-order chi connectivity index (χ1) is 18.8. The molecule has 2 aromatic heterocycles. The molecule has 1 aliphatic rings. The fourth-order valence-electron chi connectivity index (χ4n) is 6.54. The molecular formula is C36H20N2. The Morgan fingerprint density at radius 3 is 1.39 bits per heavy atom. The fraction of sp³-hybridized carbons (Fsp3) is 0. The van der Waals surface area contributed by atoms with E-state index in [1.165, 1.54) is 76.5 Å². The van der Waals surface area contributed by atoms with Crippen LogP contribution in [0, 0.1) is 0 Å². The normalized spacial score (nSPS) is 12.2. The van der Waals surface area contributed by atoms with Crippen molar-refractivity contribution in [1.29, 1.82) is 0 Å². The van der Waals surface area contributed by atoms with Crippen molar-refractivity contribution < 1.29 is 0 Å². The van der Waals surface area contributed by atoms with Gasteiger partial charge in [-0.25, -0.2) is 0 Å². The van der Waals surface area contributed by atoms with Crippen LogP contribution in [0.2, 0.25) is 0 Å². The molecule has 174 valence electrons. The van der Waals surface area contributed by atoms with Gasteiger partial charge in [-0.3, -0.25) is 9.97 Å². The summed E-state index contributed by atoms with van der Waals surface area (Å²) in [5.74, 6) is 0. The number of hydrogen-bond acceptors (Lipinski definition) is 2. The van der Waals surface area contributed by atoms with Gasteiger partial charge in [-0.2, -0.15) is 0 Å². The van der Waals surface area contributed by atoms with Gasteiger partial charge >= 0.3 is 0 Å². The van der Waals surface area contributed by atoms with Crippen molar-refractivity contribution in [3.63, 3.8) is 0 Å². The molecule has 1 aliphatic carbocycles. The lowest BCUT2D eigenvalue weighted by Crippen LogP contribution is -1.85. The fourth-order valence-corrected chi connectivity index (χ4v) is 6.54. The van der Waals surface area contributed by atoms with E-state index in [4.69, 9.17) is 0 Å². The van der Waals surface area contributed by atoms with E-state index < -0.39 is 0 Å². The standard InChI is InChI=1S/C36H20N2/c1-3-24-19-22(7-15-32(24)37-17-1)26-11-13-30-31-14-12-27(23-8-16-33-25(20-23)4-2-18-38-33)29-10-6-21-5-9-28(26)35(30)34(21)36(29)31/h1-20H. The molecule has 2 nitrogen and oxygen atoms in total. The molecule has 0 unspecified atom stereocenters. The maximum absolute atomic E-state index is 4.51. The lowest BCUT2D eigenvalue weighted by molar-refractivity contribution is 1.41. The molecule has 0 fully saturated rings. The Labute approximate surface area is 218 Å². The van der Waals surface area contributed by atoms with Crippen LogP contribution in [-0.4, -0.2) is 9.97 Å². The minimum atomic E-state index is 1.03. The Morgan fingerprint density at radius 2 is 0.868 bits per heavy atom. The average molecular weight is 481 g/mol. The van der Waals surface area contributed by atoms with Crippen LogP contribution in [0.4, 0.5) is 0 Å². The van der Waals surface area contributed by atoms with Crippen molar-refractivity contribution in [1.82, 2.24) is 9.97 Å². The topological polar surface area (TPSA) is 25.8 Å². The molecule has 8 aromatic rings. The van der Waals surface area contributed by atoms with Crippen molar-refractivity contribution in [2.24, 2.45) is 0 Å². The molecule has 9 rings (SSSR count). The predicted octanol–water partition coefficient (Wildman–Crippen LogP) is 9.56. The zero-order valence-corrected chi connectivity index (χ0v) is 20.4. The minimum Gasteiger partial charge on any atom is -0.256 e. The van der Waals surface area contributed by atoms with Crippen molar-refractivity contribution in [2.75, 3.05) is 0 Å². The molecule has 6 aromatic carbocycles. The first kappa shape index (κ1) is 20.0. The van der Waals surface area contributed by atoms with Gasteiger partial charge in [0.2, 0.25) is 0 Å². The van der Waals surface area contributed by atoms with Crippen LogP contribution in [0.5, 0.6) is 0 Å². The number of fused-ring (bicyclic) bond motifs is 3. The molecule has 0 amide bonds. The summed E-state index contributed by atoms with van der Waals surface area (Å²) in [6.07, 6.45) is 3.71. The number of benzene rings is 6. The van der Waals surface area contributed by atoms with Crippen LogP contribution in [0.3, 0.4) is 0 Å². The van der Waals surface area contributed by atoms with Gasteiger partial charge in [0.1, 0.15) is 0 Å². The maximum Gasteiger partial charge on any atom is 0.0702 e. The zero-order chi connectivity index (χ0) is 24.8. The summed E-state index contributed by atoms with van der Waals surface area (Å²) in [5, 5.41) is 10.3. The largest absolute Gasteiger partial charge is 0.256 e. The van der Waals surface area contributed by atoms with E-state index in [1.807, 2.05) is 24.5 Å². The summed E-state index contributed by atoms with van der Waals surface area (Å²) in [7, 11) is 0. The van der Waals surface area contributed by atoms with E-state index in [0.717, 1.165) is 11.0 Å². The highest BCUT2D eigenvalue weighted by atomic mass is 14.6. The highest BCUT2D eigenvalue weighted by Gasteiger charge is 2.23. The second-order valence-electron chi connectivity index (χ2n) is 10.2. The van der Waals surface area contributed by atoms with Crippen LogP contribution >= 0.6 is 0 Å². The Kier molecular flexibility index (Phi) is 3.82.